The van der Waals surface area contributed by atoms with E-state index < -0.39 is 47.7 Å². The molecule has 2 N–H and O–H groups in total. The van der Waals surface area contributed by atoms with Gasteiger partial charge in [-0.3, -0.25) is 38.5 Å². The SMILES string of the molecule is C=C(O)[C@H](Cc1ccccc1)NC(=O)[C@H](C)[C@@H](OC)[C@@H]1CCCN1C(=O)C[C@@H](OC)[C@H]([C@@H](C)CC)N(C)C(=O)[C@@H](CC(=O)C(C)(C)N(C)C(=O)CCCCCN1C(=O)C=CC1=O)C(C)C. The molecular formula is C50H77N5O10. The number of imide groups is 1. The molecule has 65 heavy (non-hydrogen) atoms. The minimum absolute atomic E-state index is 0.0307. The van der Waals surface area contributed by atoms with E-state index >= 15 is 0 Å². The normalized spacial score (nSPS) is 18.5. The minimum atomic E-state index is -1.21. The largest absolute Gasteiger partial charge is 0.511 e. The smallest absolute Gasteiger partial charge is 0.253 e. The number of aliphatic hydroxyl groups excluding tert-OH is 1. The van der Waals surface area contributed by atoms with Crippen LogP contribution in [0.15, 0.2) is 54.8 Å². The molecule has 0 aliphatic carbocycles. The average molecular weight is 908 g/mol. The number of nitrogens with zero attached hydrogens (tertiary/aromatic N) is 4. The summed E-state index contributed by atoms with van der Waals surface area (Å²) in [4.78, 5) is 99.6. The maximum Gasteiger partial charge on any atom is 0.253 e. The summed E-state index contributed by atoms with van der Waals surface area (Å²) in [7, 11) is 6.36. The summed E-state index contributed by atoms with van der Waals surface area (Å²) in [6, 6.07) is 7.85. The molecule has 1 fully saturated rings. The molecule has 362 valence electrons. The second-order valence-corrected chi connectivity index (χ2v) is 18.8. The lowest BCUT2D eigenvalue weighted by molar-refractivity contribution is -0.150. The first-order chi connectivity index (χ1) is 30.6. The molecule has 2 heterocycles. The van der Waals surface area contributed by atoms with Gasteiger partial charge in [-0.1, -0.05) is 84.4 Å². The zero-order valence-electron chi connectivity index (χ0n) is 40.8. The fourth-order valence-electron chi connectivity index (χ4n) is 9.07. The summed E-state index contributed by atoms with van der Waals surface area (Å²) in [5.41, 5.74) is -0.281. The molecule has 15 heteroatoms. The number of ketones is 1. The number of Topliss-reactive ketones (excluding diaryl/α,β-unsaturated/α-hetero) is 1. The number of ether oxygens (including phenoxy) is 2. The zero-order valence-corrected chi connectivity index (χ0v) is 40.8. The Balaban J connectivity index is 1.69. The van der Waals surface area contributed by atoms with Gasteiger partial charge < -0.3 is 34.6 Å². The second-order valence-electron chi connectivity index (χ2n) is 18.8. The maximum atomic E-state index is 14.6. The highest BCUT2D eigenvalue weighted by atomic mass is 16.5. The van der Waals surface area contributed by atoms with Gasteiger partial charge in [0, 0.05) is 72.3 Å². The van der Waals surface area contributed by atoms with E-state index in [0.717, 1.165) is 5.56 Å². The number of methoxy groups -OCH3 is 2. The number of likely N-dealkylation sites (N-methyl/N-ethyl adjacent to an activating group) is 2. The number of benzene rings is 1. The van der Waals surface area contributed by atoms with Crippen LogP contribution in [0.25, 0.3) is 0 Å². The standard InChI is InChI=1S/C50H77N5O10/c1-13-33(4)46(52(9)49(63)37(32(2)3)30-41(57)50(7,8)53(10)42(58)24-18-15-19-27-55-43(59)25-26-44(55)60)40(64-11)31-45(61)54-28-20-23-39(54)47(65-12)34(5)48(62)51-38(35(6)56)29-36-21-16-14-17-22-36/h14,16-17,21-22,25-26,32-34,37-40,46-47,56H,6,13,15,18-20,23-24,27-31H2,1-5,7-12H3,(H,51,62)/t33-,34+,37-,38-,39-,40+,46-,47+/m0/s1. The molecule has 1 aromatic carbocycles. The first kappa shape index (κ1) is 54.4. The summed E-state index contributed by atoms with van der Waals surface area (Å²) < 4.78 is 12.0. The predicted molar refractivity (Wildman–Crippen MR) is 249 cm³/mol. The Labute approximate surface area is 387 Å². The monoisotopic (exact) mass is 908 g/mol. The Hall–Kier alpha value is -4.89. The van der Waals surface area contributed by atoms with Crippen LogP contribution in [0, 0.1) is 23.7 Å². The zero-order chi connectivity index (χ0) is 48.8. The van der Waals surface area contributed by atoms with Crippen molar-refractivity contribution in [2.24, 2.45) is 23.7 Å². The van der Waals surface area contributed by atoms with Crippen molar-refractivity contribution in [1.29, 1.82) is 0 Å². The number of rotatable bonds is 27. The van der Waals surface area contributed by atoms with Gasteiger partial charge in [0.25, 0.3) is 11.8 Å². The van der Waals surface area contributed by atoms with E-state index in [1.54, 1.807) is 44.7 Å². The number of carbonyl (C=O) groups excluding carboxylic acids is 7. The van der Waals surface area contributed by atoms with E-state index in [4.69, 9.17) is 9.47 Å². The highest BCUT2D eigenvalue weighted by Crippen LogP contribution is 2.32. The van der Waals surface area contributed by atoms with Gasteiger partial charge in [-0.2, -0.15) is 0 Å². The number of hydrogen-bond donors (Lipinski definition) is 2. The van der Waals surface area contributed by atoms with Gasteiger partial charge in [0.15, 0.2) is 5.78 Å². The van der Waals surface area contributed by atoms with Crippen LogP contribution in [-0.2, 0) is 49.5 Å². The quantitative estimate of drug-likeness (QED) is 0.0635. The first-order valence-corrected chi connectivity index (χ1v) is 23.3. The third kappa shape index (κ3) is 14.3. The van der Waals surface area contributed by atoms with Crippen molar-refractivity contribution in [2.75, 3.05) is 41.4 Å². The van der Waals surface area contributed by atoms with Gasteiger partial charge in [0.2, 0.25) is 23.6 Å². The van der Waals surface area contributed by atoms with Crippen LogP contribution in [0.1, 0.15) is 112 Å². The van der Waals surface area contributed by atoms with Crippen molar-refractivity contribution in [2.45, 2.75) is 149 Å². The van der Waals surface area contributed by atoms with Gasteiger partial charge in [-0.15, -0.1) is 0 Å². The fraction of sp³-hybridized carbons (Fsp3) is 0.660. The number of carbonyl (C=O) groups is 7. The third-order valence-electron chi connectivity index (χ3n) is 13.9. The van der Waals surface area contributed by atoms with Crippen molar-refractivity contribution in [3.05, 3.63) is 60.4 Å². The maximum absolute atomic E-state index is 14.6. The summed E-state index contributed by atoms with van der Waals surface area (Å²) in [5.74, 6) is -3.79. The van der Waals surface area contributed by atoms with Gasteiger partial charge in [0.05, 0.1) is 48.2 Å². The average Bonchev–Trinajstić information content (AvgIpc) is 3.89. The molecule has 15 nitrogen and oxygen atoms in total. The topological polar surface area (TPSA) is 183 Å². The summed E-state index contributed by atoms with van der Waals surface area (Å²) >= 11 is 0. The number of nitrogens with one attached hydrogen (secondary N) is 1. The van der Waals surface area contributed by atoms with Crippen molar-refractivity contribution >= 4 is 41.2 Å². The second kappa shape index (κ2) is 25.1. The number of likely N-dealkylation sites (tertiary alicyclic amines) is 1. The van der Waals surface area contributed by atoms with Crippen LogP contribution in [0.3, 0.4) is 0 Å². The minimum Gasteiger partial charge on any atom is -0.511 e. The van der Waals surface area contributed by atoms with Crippen LogP contribution in [-0.4, -0.2) is 143 Å². The Morgan fingerprint density at radius 2 is 1.57 bits per heavy atom. The van der Waals surface area contributed by atoms with E-state index in [2.05, 4.69) is 11.9 Å². The van der Waals surface area contributed by atoms with Crippen molar-refractivity contribution in [3.8, 4) is 0 Å². The molecule has 0 unspecified atom stereocenters. The van der Waals surface area contributed by atoms with Gasteiger partial charge in [-0.25, -0.2) is 0 Å². The molecule has 0 aromatic heterocycles. The Morgan fingerprint density at radius 3 is 2.12 bits per heavy atom. The summed E-state index contributed by atoms with van der Waals surface area (Å²) in [6.07, 6.45) is 5.30. The van der Waals surface area contributed by atoms with Gasteiger partial charge in [0.1, 0.15) is 5.76 Å². The Kier molecular flexibility index (Phi) is 21.1. The fourth-order valence-corrected chi connectivity index (χ4v) is 9.07. The van der Waals surface area contributed by atoms with E-state index in [9.17, 15) is 38.7 Å². The first-order valence-electron chi connectivity index (χ1n) is 23.3. The van der Waals surface area contributed by atoms with Crippen LogP contribution in [0.2, 0.25) is 0 Å². The molecule has 0 saturated carbocycles. The van der Waals surface area contributed by atoms with Gasteiger partial charge in [-0.05, 0) is 63.4 Å². The van der Waals surface area contributed by atoms with E-state index in [0.29, 0.717) is 51.5 Å². The lowest BCUT2D eigenvalue weighted by Crippen LogP contribution is -2.55. The van der Waals surface area contributed by atoms with Crippen molar-refractivity contribution in [3.63, 3.8) is 0 Å². The molecule has 6 amide bonds. The van der Waals surface area contributed by atoms with E-state index in [-0.39, 0.29) is 84.6 Å². The highest BCUT2D eigenvalue weighted by molar-refractivity contribution is 6.12. The lowest BCUT2D eigenvalue weighted by atomic mass is 9.82. The van der Waals surface area contributed by atoms with Crippen LogP contribution >= 0.6 is 0 Å². The molecule has 3 rings (SSSR count). The predicted octanol–water partition coefficient (Wildman–Crippen LogP) is 5.66. The summed E-state index contributed by atoms with van der Waals surface area (Å²) in [5, 5.41) is 13.3. The summed E-state index contributed by atoms with van der Waals surface area (Å²) in [6.45, 7) is 17.4. The number of hydrogen-bond acceptors (Lipinski definition) is 10. The van der Waals surface area contributed by atoms with E-state index in [1.807, 2.05) is 58.0 Å². The highest BCUT2D eigenvalue weighted by Gasteiger charge is 2.44. The van der Waals surface area contributed by atoms with Crippen LogP contribution in [0.5, 0.6) is 0 Å². The molecule has 1 aromatic rings. The molecule has 1 saturated heterocycles. The molecule has 0 bridgehead atoms. The molecule has 0 spiro atoms. The lowest BCUT2D eigenvalue weighted by Gasteiger charge is -2.41. The Morgan fingerprint density at radius 1 is 0.938 bits per heavy atom. The Bertz CT molecular complexity index is 1830. The van der Waals surface area contributed by atoms with Crippen molar-refractivity contribution in [1.82, 2.24) is 24.9 Å². The van der Waals surface area contributed by atoms with Crippen LogP contribution in [0.4, 0.5) is 0 Å². The van der Waals surface area contributed by atoms with Gasteiger partial charge >= 0.3 is 0 Å². The third-order valence-corrected chi connectivity index (χ3v) is 13.9. The number of aliphatic hydroxyl groups is 1. The van der Waals surface area contributed by atoms with Crippen LogP contribution < -0.4 is 5.32 Å². The molecule has 0 radical (unpaired) electrons. The molecule has 2 aliphatic rings. The number of unbranched alkanes of at least 4 members (excludes halogenated alkanes) is 2. The molecule has 2 aliphatic heterocycles. The van der Waals surface area contributed by atoms with E-state index in [1.165, 1.54) is 36.2 Å². The van der Waals surface area contributed by atoms with Crippen molar-refractivity contribution < 1.29 is 48.1 Å². The molecular weight excluding hydrogens is 831 g/mol. The molecule has 8 atom stereocenters. The number of amides is 6.